The van der Waals surface area contributed by atoms with Crippen LogP contribution in [0.5, 0.6) is 0 Å². The van der Waals surface area contributed by atoms with Crippen molar-refractivity contribution in [1.82, 2.24) is 20.2 Å². The average molecular weight is 390 g/mol. The number of morpholine rings is 1. The number of aryl methyl sites for hydroxylation is 2. The lowest BCUT2D eigenvalue weighted by atomic mass is 10.2. The van der Waals surface area contributed by atoms with Gasteiger partial charge in [-0.1, -0.05) is 17.7 Å². The number of amides is 1. The summed E-state index contributed by atoms with van der Waals surface area (Å²) in [6.07, 6.45) is 0. The monoisotopic (exact) mass is 389 g/mol. The van der Waals surface area contributed by atoms with Gasteiger partial charge in [0.2, 0.25) is 5.95 Å². The second kappa shape index (κ2) is 9.12. The molecule has 1 aliphatic heterocycles. The molecule has 0 bridgehead atoms. The van der Waals surface area contributed by atoms with Gasteiger partial charge in [0.25, 0.3) is 5.91 Å². The minimum atomic E-state index is -0.209. The predicted molar refractivity (Wildman–Crippen MR) is 106 cm³/mol. The van der Waals surface area contributed by atoms with Crippen LogP contribution in [0.25, 0.3) is 0 Å². The van der Waals surface area contributed by atoms with Crippen LogP contribution < -0.4 is 10.6 Å². The highest BCUT2D eigenvalue weighted by molar-refractivity contribution is 6.30. The molecule has 3 rings (SSSR count). The van der Waals surface area contributed by atoms with E-state index in [-0.39, 0.29) is 5.91 Å². The summed E-state index contributed by atoms with van der Waals surface area (Å²) in [4.78, 5) is 23.5. The van der Waals surface area contributed by atoms with Gasteiger partial charge in [-0.15, -0.1) is 0 Å². The van der Waals surface area contributed by atoms with Crippen LogP contribution >= 0.6 is 11.6 Å². The lowest BCUT2D eigenvalue weighted by Gasteiger charge is -2.26. The van der Waals surface area contributed by atoms with Gasteiger partial charge >= 0.3 is 0 Å². The van der Waals surface area contributed by atoms with Gasteiger partial charge in [-0.3, -0.25) is 9.69 Å². The Morgan fingerprint density at radius 3 is 2.78 bits per heavy atom. The van der Waals surface area contributed by atoms with E-state index in [1.54, 1.807) is 6.07 Å². The highest BCUT2D eigenvalue weighted by atomic mass is 35.5. The van der Waals surface area contributed by atoms with Crippen LogP contribution in [0.1, 0.15) is 21.7 Å². The molecule has 0 aliphatic carbocycles. The second-order valence-electron chi connectivity index (χ2n) is 6.51. The molecule has 27 heavy (non-hydrogen) atoms. The Kier molecular flexibility index (Phi) is 6.60. The molecule has 8 heteroatoms. The molecule has 2 heterocycles. The fraction of sp³-hybridized carbons (Fsp3) is 0.421. The first kappa shape index (κ1) is 19.5. The van der Waals surface area contributed by atoms with E-state index >= 15 is 0 Å². The number of hydrogen-bond acceptors (Lipinski definition) is 6. The van der Waals surface area contributed by atoms with Gasteiger partial charge in [0.15, 0.2) is 0 Å². The van der Waals surface area contributed by atoms with Crippen molar-refractivity contribution in [3.8, 4) is 0 Å². The van der Waals surface area contributed by atoms with Crippen molar-refractivity contribution in [2.24, 2.45) is 0 Å². The number of nitrogens with zero attached hydrogens (tertiary/aromatic N) is 3. The lowest BCUT2D eigenvalue weighted by Crippen LogP contribution is -2.41. The number of halogens is 1. The van der Waals surface area contributed by atoms with Gasteiger partial charge in [-0.05, 0) is 37.6 Å². The molecule has 1 fully saturated rings. The van der Waals surface area contributed by atoms with Gasteiger partial charge in [0, 0.05) is 42.6 Å². The van der Waals surface area contributed by atoms with Crippen LogP contribution in [0.15, 0.2) is 24.3 Å². The fourth-order valence-corrected chi connectivity index (χ4v) is 3.01. The summed E-state index contributed by atoms with van der Waals surface area (Å²) in [5, 5.41) is 6.69. The van der Waals surface area contributed by atoms with Crippen LogP contribution in [-0.4, -0.2) is 60.2 Å². The van der Waals surface area contributed by atoms with E-state index in [9.17, 15) is 4.79 Å². The Bertz CT molecular complexity index is 809. The molecule has 144 valence electrons. The van der Waals surface area contributed by atoms with Crippen molar-refractivity contribution >= 4 is 29.1 Å². The van der Waals surface area contributed by atoms with Crippen LogP contribution in [0.2, 0.25) is 5.02 Å². The largest absolute Gasteiger partial charge is 0.379 e. The molecule has 0 atom stereocenters. The molecule has 0 spiro atoms. The lowest BCUT2D eigenvalue weighted by molar-refractivity contribution is 0.0383. The third-order valence-corrected chi connectivity index (χ3v) is 4.59. The van der Waals surface area contributed by atoms with E-state index in [4.69, 9.17) is 16.3 Å². The van der Waals surface area contributed by atoms with Crippen molar-refractivity contribution in [1.29, 1.82) is 0 Å². The number of hydrogen-bond donors (Lipinski definition) is 2. The maximum Gasteiger partial charge on any atom is 0.270 e. The van der Waals surface area contributed by atoms with Crippen LogP contribution in [0.3, 0.4) is 0 Å². The van der Waals surface area contributed by atoms with Gasteiger partial charge in [-0.25, -0.2) is 9.97 Å². The van der Waals surface area contributed by atoms with Crippen molar-refractivity contribution in [2.75, 3.05) is 44.7 Å². The zero-order valence-electron chi connectivity index (χ0n) is 15.6. The molecule has 1 aromatic carbocycles. The first-order valence-electron chi connectivity index (χ1n) is 8.98. The zero-order valence-corrected chi connectivity index (χ0v) is 16.3. The number of carbonyl (C=O) groups excluding carboxylic acids is 1. The maximum atomic E-state index is 12.5. The Hall–Kier alpha value is -2.22. The molecule has 1 amide bonds. The molecule has 1 saturated heterocycles. The average Bonchev–Trinajstić information content (AvgIpc) is 2.65. The number of carbonyl (C=O) groups is 1. The summed E-state index contributed by atoms with van der Waals surface area (Å²) >= 11 is 6.06. The summed E-state index contributed by atoms with van der Waals surface area (Å²) < 4.78 is 5.33. The van der Waals surface area contributed by atoms with E-state index in [0.29, 0.717) is 28.9 Å². The molecular weight excluding hydrogens is 366 g/mol. The topological polar surface area (TPSA) is 79.4 Å². The van der Waals surface area contributed by atoms with Crippen molar-refractivity contribution < 1.29 is 9.53 Å². The van der Waals surface area contributed by atoms with E-state index < -0.39 is 0 Å². The van der Waals surface area contributed by atoms with Crippen LogP contribution in [0.4, 0.5) is 11.6 Å². The quantitative estimate of drug-likeness (QED) is 0.790. The number of rotatable bonds is 6. The minimum absolute atomic E-state index is 0.209. The first-order valence-corrected chi connectivity index (χ1v) is 9.36. The zero-order chi connectivity index (χ0) is 19.2. The molecule has 2 aromatic rings. The molecule has 0 radical (unpaired) electrons. The number of aromatic nitrogens is 2. The Balaban J connectivity index is 1.63. The molecule has 1 aliphatic rings. The van der Waals surface area contributed by atoms with Crippen molar-refractivity contribution in [2.45, 2.75) is 13.8 Å². The van der Waals surface area contributed by atoms with Gasteiger partial charge < -0.3 is 15.4 Å². The first-order chi connectivity index (χ1) is 13.0. The molecular formula is C19H24ClN5O2. The maximum absolute atomic E-state index is 12.5. The van der Waals surface area contributed by atoms with E-state index in [1.165, 1.54) is 0 Å². The standard InChI is InChI=1S/C19H24ClN5O2/c1-13-3-4-15(20)12-16(13)23-19-22-14(2)11-17(24-19)18(26)21-5-6-25-7-9-27-10-8-25/h3-4,11-12H,5-10H2,1-2H3,(H,21,26)(H,22,23,24). The van der Waals surface area contributed by atoms with E-state index in [2.05, 4.69) is 25.5 Å². The predicted octanol–water partition coefficient (Wildman–Crippen LogP) is 2.55. The third-order valence-electron chi connectivity index (χ3n) is 4.35. The van der Waals surface area contributed by atoms with Gasteiger partial charge in [-0.2, -0.15) is 0 Å². The van der Waals surface area contributed by atoms with Crippen LogP contribution in [0, 0.1) is 13.8 Å². The summed E-state index contributed by atoms with van der Waals surface area (Å²) in [6.45, 7) is 8.46. The number of nitrogens with one attached hydrogen (secondary N) is 2. The van der Waals surface area contributed by atoms with Crippen LogP contribution in [-0.2, 0) is 4.74 Å². The number of benzene rings is 1. The summed E-state index contributed by atoms with van der Waals surface area (Å²) in [7, 11) is 0. The second-order valence-corrected chi connectivity index (χ2v) is 6.95. The smallest absolute Gasteiger partial charge is 0.270 e. The molecule has 2 N–H and O–H groups in total. The highest BCUT2D eigenvalue weighted by Crippen LogP contribution is 2.22. The molecule has 0 unspecified atom stereocenters. The van der Waals surface area contributed by atoms with Crippen molar-refractivity contribution in [3.63, 3.8) is 0 Å². The minimum Gasteiger partial charge on any atom is -0.379 e. The summed E-state index contributed by atoms with van der Waals surface area (Å²) in [5.74, 6) is 0.165. The number of ether oxygens (including phenoxy) is 1. The van der Waals surface area contributed by atoms with Gasteiger partial charge in [0.1, 0.15) is 5.69 Å². The van der Waals surface area contributed by atoms with E-state index in [0.717, 1.165) is 44.1 Å². The molecule has 7 nitrogen and oxygen atoms in total. The highest BCUT2D eigenvalue weighted by Gasteiger charge is 2.13. The summed E-state index contributed by atoms with van der Waals surface area (Å²) in [5.41, 5.74) is 2.88. The number of anilines is 2. The Labute approximate surface area is 164 Å². The van der Waals surface area contributed by atoms with E-state index in [1.807, 2.05) is 32.0 Å². The molecule has 1 aromatic heterocycles. The Morgan fingerprint density at radius 2 is 2.00 bits per heavy atom. The third kappa shape index (κ3) is 5.63. The summed E-state index contributed by atoms with van der Waals surface area (Å²) in [6, 6.07) is 7.23. The normalized spacial score (nSPS) is 14.8. The molecule has 0 saturated carbocycles. The van der Waals surface area contributed by atoms with Gasteiger partial charge in [0.05, 0.1) is 13.2 Å². The van der Waals surface area contributed by atoms with Crippen molar-refractivity contribution in [3.05, 3.63) is 46.2 Å². The SMILES string of the molecule is Cc1cc(C(=O)NCCN2CCOCC2)nc(Nc2cc(Cl)ccc2C)n1. The Morgan fingerprint density at radius 1 is 1.22 bits per heavy atom. The fourth-order valence-electron chi connectivity index (χ4n) is 2.83.